The molecule has 0 aromatic carbocycles. The van der Waals surface area contributed by atoms with Gasteiger partial charge >= 0.3 is 5.97 Å². The van der Waals surface area contributed by atoms with Crippen LogP contribution in [0, 0.1) is 0 Å². The second-order valence-electron chi connectivity index (χ2n) is 3.49. The van der Waals surface area contributed by atoms with E-state index in [0.29, 0.717) is 5.69 Å². The average molecular weight is 210 g/mol. The van der Waals surface area contributed by atoms with Crippen LogP contribution in [0.4, 0.5) is 0 Å². The van der Waals surface area contributed by atoms with Gasteiger partial charge in [-0.05, 0) is 25.3 Å². The van der Waals surface area contributed by atoms with E-state index in [2.05, 4.69) is 9.84 Å². The number of aromatic nitrogens is 2. The monoisotopic (exact) mass is 210 g/mol. The molecule has 1 aromatic rings. The van der Waals surface area contributed by atoms with Crippen LogP contribution in [0.5, 0.6) is 0 Å². The molecular formula is C10H14N2O3. The van der Waals surface area contributed by atoms with E-state index in [-0.39, 0.29) is 6.23 Å². The first-order valence-electron chi connectivity index (χ1n) is 5.06. The van der Waals surface area contributed by atoms with Crippen LogP contribution in [0.3, 0.4) is 0 Å². The highest BCUT2D eigenvalue weighted by atomic mass is 16.5. The zero-order valence-electron chi connectivity index (χ0n) is 8.68. The van der Waals surface area contributed by atoms with Gasteiger partial charge in [-0.1, -0.05) is 0 Å². The third-order valence-corrected chi connectivity index (χ3v) is 2.45. The van der Waals surface area contributed by atoms with Gasteiger partial charge in [0.15, 0.2) is 5.69 Å². The van der Waals surface area contributed by atoms with Crippen LogP contribution < -0.4 is 0 Å². The maximum Gasteiger partial charge on any atom is 0.358 e. The Bertz CT molecular complexity index is 342. The molecule has 2 rings (SSSR count). The van der Waals surface area contributed by atoms with Gasteiger partial charge in [0.05, 0.1) is 7.11 Å². The smallest absolute Gasteiger partial charge is 0.358 e. The summed E-state index contributed by atoms with van der Waals surface area (Å²) in [6.45, 7) is 0.762. The summed E-state index contributed by atoms with van der Waals surface area (Å²) in [5, 5.41) is 4.12. The number of hydrogen-bond acceptors (Lipinski definition) is 4. The highest BCUT2D eigenvalue weighted by Crippen LogP contribution is 2.21. The summed E-state index contributed by atoms with van der Waals surface area (Å²) >= 11 is 0. The number of carbonyl (C=O) groups is 1. The number of hydrogen-bond donors (Lipinski definition) is 0. The van der Waals surface area contributed by atoms with Crippen molar-refractivity contribution in [1.82, 2.24) is 9.78 Å². The van der Waals surface area contributed by atoms with Crippen molar-refractivity contribution in [3.05, 3.63) is 18.0 Å². The SMILES string of the molecule is COC(=O)c1ccn(C2CCCCO2)n1. The molecular weight excluding hydrogens is 196 g/mol. The Balaban J connectivity index is 2.08. The fourth-order valence-electron chi connectivity index (χ4n) is 1.64. The zero-order chi connectivity index (χ0) is 10.7. The summed E-state index contributed by atoms with van der Waals surface area (Å²) in [5.74, 6) is -0.412. The van der Waals surface area contributed by atoms with Crippen molar-refractivity contribution in [1.29, 1.82) is 0 Å². The van der Waals surface area contributed by atoms with Crippen molar-refractivity contribution >= 4 is 5.97 Å². The molecule has 0 N–H and O–H groups in total. The van der Waals surface area contributed by atoms with Gasteiger partial charge in [0, 0.05) is 12.8 Å². The minimum Gasteiger partial charge on any atom is -0.464 e. The maximum atomic E-state index is 11.2. The molecule has 1 fully saturated rings. The Morgan fingerprint density at radius 1 is 1.67 bits per heavy atom. The summed E-state index contributed by atoms with van der Waals surface area (Å²) in [4.78, 5) is 11.2. The van der Waals surface area contributed by atoms with E-state index in [4.69, 9.17) is 4.74 Å². The minimum atomic E-state index is -0.412. The fraction of sp³-hybridized carbons (Fsp3) is 0.600. The molecule has 82 valence electrons. The second-order valence-corrected chi connectivity index (χ2v) is 3.49. The summed E-state index contributed by atoms with van der Waals surface area (Å²) in [6, 6.07) is 1.64. The predicted octanol–water partition coefficient (Wildman–Crippen LogP) is 1.37. The molecule has 5 heteroatoms. The molecule has 1 saturated heterocycles. The van der Waals surface area contributed by atoms with Crippen LogP contribution in [-0.2, 0) is 9.47 Å². The zero-order valence-corrected chi connectivity index (χ0v) is 8.68. The number of carbonyl (C=O) groups excluding carboxylic acids is 1. The molecule has 0 radical (unpaired) electrons. The van der Waals surface area contributed by atoms with E-state index >= 15 is 0 Å². The standard InChI is InChI=1S/C10H14N2O3/c1-14-10(13)8-5-6-12(11-8)9-4-2-3-7-15-9/h5-6,9H,2-4,7H2,1H3. The lowest BCUT2D eigenvalue weighted by Crippen LogP contribution is -2.19. The molecule has 1 aliphatic heterocycles. The first-order valence-corrected chi connectivity index (χ1v) is 5.06. The van der Waals surface area contributed by atoms with Crippen molar-refractivity contribution in [2.45, 2.75) is 25.5 Å². The first-order chi connectivity index (χ1) is 7.31. The quantitative estimate of drug-likeness (QED) is 0.692. The highest BCUT2D eigenvalue weighted by molar-refractivity contribution is 5.86. The third-order valence-electron chi connectivity index (χ3n) is 2.45. The lowest BCUT2D eigenvalue weighted by molar-refractivity contribution is -0.0396. The van der Waals surface area contributed by atoms with Crippen LogP contribution in [-0.4, -0.2) is 29.5 Å². The number of ether oxygens (including phenoxy) is 2. The molecule has 5 nitrogen and oxygen atoms in total. The van der Waals surface area contributed by atoms with Crippen molar-refractivity contribution < 1.29 is 14.3 Å². The number of esters is 1. The van der Waals surface area contributed by atoms with Crippen molar-refractivity contribution in [3.63, 3.8) is 0 Å². The van der Waals surface area contributed by atoms with Crippen molar-refractivity contribution in [2.24, 2.45) is 0 Å². The molecule has 0 spiro atoms. The summed E-state index contributed by atoms with van der Waals surface area (Å²) in [6.07, 6.45) is 4.90. The Labute approximate surface area is 88.0 Å². The Hall–Kier alpha value is -1.36. The van der Waals surface area contributed by atoms with Crippen LogP contribution in [0.2, 0.25) is 0 Å². The van der Waals surface area contributed by atoms with E-state index in [9.17, 15) is 4.79 Å². The normalized spacial score (nSPS) is 21.3. The van der Waals surface area contributed by atoms with Crippen molar-refractivity contribution in [3.8, 4) is 0 Å². The Morgan fingerprint density at radius 3 is 3.20 bits per heavy atom. The first kappa shape index (κ1) is 10.2. The molecule has 0 aliphatic carbocycles. The summed E-state index contributed by atoms with van der Waals surface area (Å²) in [7, 11) is 1.35. The Kier molecular flexibility index (Phi) is 3.01. The van der Waals surface area contributed by atoms with Crippen molar-refractivity contribution in [2.75, 3.05) is 13.7 Å². The van der Waals surface area contributed by atoms with Gasteiger partial charge in [-0.3, -0.25) is 0 Å². The van der Waals surface area contributed by atoms with E-state index in [1.807, 2.05) is 0 Å². The van der Waals surface area contributed by atoms with E-state index in [1.54, 1.807) is 16.9 Å². The lowest BCUT2D eigenvalue weighted by Gasteiger charge is -2.22. The van der Waals surface area contributed by atoms with Crippen LogP contribution in [0.15, 0.2) is 12.3 Å². The lowest BCUT2D eigenvalue weighted by atomic mass is 10.2. The number of nitrogens with zero attached hydrogens (tertiary/aromatic N) is 2. The third kappa shape index (κ3) is 2.18. The molecule has 1 aliphatic rings. The topological polar surface area (TPSA) is 53.4 Å². The molecule has 0 saturated carbocycles. The van der Waals surface area contributed by atoms with Gasteiger partial charge in [0.1, 0.15) is 6.23 Å². The molecule has 0 amide bonds. The van der Waals surface area contributed by atoms with Crippen LogP contribution in [0.1, 0.15) is 36.0 Å². The van der Waals surface area contributed by atoms with Gasteiger partial charge in [-0.25, -0.2) is 9.48 Å². The average Bonchev–Trinajstić information content (AvgIpc) is 2.78. The molecule has 1 aromatic heterocycles. The highest BCUT2D eigenvalue weighted by Gasteiger charge is 2.18. The fourth-order valence-corrected chi connectivity index (χ4v) is 1.64. The van der Waals surface area contributed by atoms with Gasteiger partial charge in [-0.15, -0.1) is 0 Å². The number of methoxy groups -OCH3 is 1. The summed E-state index contributed by atoms with van der Waals surface area (Å²) in [5.41, 5.74) is 0.326. The molecule has 0 bridgehead atoms. The van der Waals surface area contributed by atoms with E-state index in [1.165, 1.54) is 7.11 Å². The number of rotatable bonds is 2. The van der Waals surface area contributed by atoms with E-state index in [0.717, 1.165) is 25.9 Å². The van der Waals surface area contributed by atoms with Gasteiger partial charge in [0.25, 0.3) is 0 Å². The van der Waals surface area contributed by atoms with Gasteiger partial charge in [-0.2, -0.15) is 5.10 Å². The van der Waals surface area contributed by atoms with Gasteiger partial charge < -0.3 is 9.47 Å². The van der Waals surface area contributed by atoms with Crippen LogP contribution in [0.25, 0.3) is 0 Å². The Morgan fingerprint density at radius 2 is 2.53 bits per heavy atom. The van der Waals surface area contributed by atoms with E-state index < -0.39 is 5.97 Å². The maximum absolute atomic E-state index is 11.2. The molecule has 2 heterocycles. The summed E-state index contributed by atoms with van der Waals surface area (Å²) < 4.78 is 11.8. The second kappa shape index (κ2) is 4.44. The van der Waals surface area contributed by atoms with Crippen LogP contribution >= 0.6 is 0 Å². The minimum absolute atomic E-state index is 0.0304. The molecule has 15 heavy (non-hydrogen) atoms. The van der Waals surface area contributed by atoms with Gasteiger partial charge in [0.2, 0.25) is 0 Å². The molecule has 1 atom stereocenters. The predicted molar refractivity (Wildman–Crippen MR) is 52.4 cm³/mol. The largest absolute Gasteiger partial charge is 0.464 e. The molecule has 1 unspecified atom stereocenters.